The molecule has 0 atom stereocenters. The Morgan fingerprint density at radius 1 is 1.26 bits per heavy atom. The summed E-state index contributed by atoms with van der Waals surface area (Å²) in [5.41, 5.74) is 0.877. The van der Waals surface area contributed by atoms with Gasteiger partial charge in [0.1, 0.15) is 40.6 Å². The third-order valence-electron chi connectivity index (χ3n) is 5.90. The van der Waals surface area contributed by atoms with E-state index in [1.807, 2.05) is 6.07 Å². The van der Waals surface area contributed by atoms with Crippen LogP contribution in [-0.2, 0) is 27.6 Å². The Labute approximate surface area is 221 Å². The van der Waals surface area contributed by atoms with E-state index >= 15 is 0 Å². The van der Waals surface area contributed by atoms with Crippen LogP contribution >= 0.6 is 0 Å². The minimum atomic E-state index is -3.28. The van der Waals surface area contributed by atoms with Gasteiger partial charge in [-0.3, -0.25) is 9.59 Å². The number of ether oxygens (including phenoxy) is 1. The number of aromatic nitrogens is 4. The highest BCUT2D eigenvalue weighted by Gasteiger charge is 2.18. The summed E-state index contributed by atoms with van der Waals surface area (Å²) in [5, 5.41) is 14.7. The Morgan fingerprint density at radius 2 is 1.97 bits per heavy atom. The number of rotatable bonds is 10. The molecule has 0 bridgehead atoms. The first-order valence-corrected chi connectivity index (χ1v) is 13.8. The predicted octanol–water partition coefficient (Wildman–Crippen LogP) is 1.88. The van der Waals surface area contributed by atoms with Crippen molar-refractivity contribution in [1.29, 1.82) is 5.26 Å². The number of nitrogens with zero attached hydrogens (tertiary/aromatic N) is 5. The number of halogens is 2. The predicted molar refractivity (Wildman–Crippen MR) is 138 cm³/mol. The van der Waals surface area contributed by atoms with E-state index in [9.17, 15) is 32.0 Å². The summed E-state index contributed by atoms with van der Waals surface area (Å²) in [4.78, 5) is 34.6. The molecular weight excluding hydrogens is 534 g/mol. The van der Waals surface area contributed by atoms with Gasteiger partial charge in [0.25, 0.3) is 12.0 Å². The van der Waals surface area contributed by atoms with Gasteiger partial charge in [0.2, 0.25) is 5.91 Å². The number of amides is 1. The van der Waals surface area contributed by atoms with Gasteiger partial charge in [-0.15, -0.1) is 0 Å². The lowest BCUT2D eigenvalue weighted by atomic mass is 10.1. The van der Waals surface area contributed by atoms with E-state index in [0.29, 0.717) is 33.3 Å². The maximum absolute atomic E-state index is 13.1. The SMILES string of the molecule is CN(CCS(C)(=O)=O)C(=O)Cn1nc(Cc2nc3cc(OCC(F)F)c(C#N)cc3[nH]2)c2ccccc2c1=O. The number of hydrogen-bond acceptors (Lipinski definition) is 8. The zero-order valence-corrected chi connectivity index (χ0v) is 21.8. The number of nitriles is 1. The molecule has 4 rings (SSSR count). The Hall–Kier alpha value is -4.38. The molecule has 0 radical (unpaired) electrons. The van der Waals surface area contributed by atoms with Crippen LogP contribution < -0.4 is 10.3 Å². The van der Waals surface area contributed by atoms with Crippen LogP contribution in [-0.4, -0.2) is 77.6 Å². The van der Waals surface area contributed by atoms with Crippen molar-refractivity contribution in [3.63, 3.8) is 0 Å². The van der Waals surface area contributed by atoms with Gasteiger partial charge in [-0.05, 0) is 12.1 Å². The molecule has 0 spiro atoms. The lowest BCUT2D eigenvalue weighted by Crippen LogP contribution is -2.37. The molecular formula is C25H24F2N6O5S. The summed E-state index contributed by atoms with van der Waals surface area (Å²) in [7, 11) is -1.83. The van der Waals surface area contributed by atoms with Gasteiger partial charge in [0, 0.05) is 31.3 Å². The van der Waals surface area contributed by atoms with E-state index in [1.54, 1.807) is 24.3 Å². The van der Waals surface area contributed by atoms with Crippen molar-refractivity contribution < 1.29 is 26.7 Å². The highest BCUT2D eigenvalue weighted by molar-refractivity contribution is 7.90. The quantitative estimate of drug-likeness (QED) is 0.310. The van der Waals surface area contributed by atoms with Gasteiger partial charge >= 0.3 is 0 Å². The van der Waals surface area contributed by atoms with E-state index < -0.39 is 40.9 Å². The minimum Gasteiger partial charge on any atom is -0.486 e. The highest BCUT2D eigenvalue weighted by Crippen LogP contribution is 2.26. The number of carbonyl (C=O) groups is 1. The summed E-state index contributed by atoms with van der Waals surface area (Å²) in [5.74, 6) is -0.299. The number of H-pyrrole nitrogens is 1. The fourth-order valence-electron chi connectivity index (χ4n) is 3.91. The zero-order valence-electron chi connectivity index (χ0n) is 21.0. The Morgan fingerprint density at radius 3 is 2.64 bits per heavy atom. The normalized spacial score (nSPS) is 11.7. The van der Waals surface area contributed by atoms with E-state index in [4.69, 9.17) is 4.74 Å². The van der Waals surface area contributed by atoms with Crippen molar-refractivity contribution in [2.75, 3.05) is 32.2 Å². The fraction of sp³-hybridized carbons (Fsp3) is 0.320. The first kappa shape index (κ1) is 27.6. The van der Waals surface area contributed by atoms with Crippen LogP contribution in [0, 0.1) is 11.3 Å². The molecule has 4 aromatic rings. The molecule has 0 aliphatic rings. The molecule has 1 N–H and O–H groups in total. The smallest absolute Gasteiger partial charge is 0.275 e. The van der Waals surface area contributed by atoms with E-state index in [-0.39, 0.29) is 30.0 Å². The average molecular weight is 559 g/mol. The second-order valence-corrected chi connectivity index (χ2v) is 11.2. The number of alkyl halides is 2. The maximum Gasteiger partial charge on any atom is 0.275 e. The second-order valence-electron chi connectivity index (χ2n) is 8.94. The van der Waals surface area contributed by atoms with Crippen LogP contribution in [0.25, 0.3) is 21.8 Å². The molecule has 0 saturated carbocycles. The molecule has 2 heterocycles. The standard InChI is InChI=1S/C25H24F2N6O5S/c1-32(7-8-39(2,36)37)24(34)13-33-25(35)17-6-4-3-5-16(17)18(31-33)11-23-29-19-9-15(12-28)21(10-20(19)30-23)38-14-22(26)27/h3-6,9-10,22H,7-8,11,13-14H2,1-2H3,(H,29,30). The Bertz CT molecular complexity index is 1760. The average Bonchev–Trinajstić information content (AvgIpc) is 3.28. The van der Waals surface area contributed by atoms with Gasteiger partial charge in [0.05, 0.1) is 39.9 Å². The monoisotopic (exact) mass is 558 g/mol. The third kappa shape index (κ3) is 6.55. The molecule has 2 aromatic heterocycles. The number of imidazole rings is 1. The number of likely N-dealkylation sites (N-methyl/N-ethyl adjacent to an activating group) is 1. The summed E-state index contributed by atoms with van der Waals surface area (Å²) in [6.45, 7) is -1.29. The molecule has 0 unspecified atom stereocenters. The molecule has 11 nitrogen and oxygen atoms in total. The van der Waals surface area contributed by atoms with Gasteiger partial charge in [-0.25, -0.2) is 26.9 Å². The summed E-state index contributed by atoms with van der Waals surface area (Å²) in [6, 6.07) is 11.5. The van der Waals surface area contributed by atoms with Crippen molar-refractivity contribution in [2.45, 2.75) is 19.4 Å². The van der Waals surface area contributed by atoms with Crippen molar-refractivity contribution >= 4 is 37.6 Å². The minimum absolute atomic E-state index is 0.0148. The van der Waals surface area contributed by atoms with E-state index in [2.05, 4.69) is 15.1 Å². The van der Waals surface area contributed by atoms with Crippen LogP contribution in [0.4, 0.5) is 8.78 Å². The molecule has 39 heavy (non-hydrogen) atoms. The third-order valence-corrected chi connectivity index (χ3v) is 6.83. The van der Waals surface area contributed by atoms with Crippen LogP contribution in [0.15, 0.2) is 41.2 Å². The number of hydrogen-bond donors (Lipinski definition) is 1. The van der Waals surface area contributed by atoms with Crippen LogP contribution in [0.1, 0.15) is 17.1 Å². The van der Waals surface area contributed by atoms with Crippen molar-refractivity contribution in [2.24, 2.45) is 0 Å². The van der Waals surface area contributed by atoms with Crippen molar-refractivity contribution in [3.8, 4) is 11.8 Å². The fourth-order valence-corrected chi connectivity index (χ4v) is 4.52. The summed E-state index contributed by atoms with van der Waals surface area (Å²) < 4.78 is 54.2. The molecule has 0 fully saturated rings. The molecule has 0 aliphatic carbocycles. The van der Waals surface area contributed by atoms with Gasteiger partial charge in [-0.1, -0.05) is 18.2 Å². The molecule has 2 aromatic carbocycles. The second kappa shape index (κ2) is 11.2. The highest BCUT2D eigenvalue weighted by atomic mass is 32.2. The van der Waals surface area contributed by atoms with Crippen molar-refractivity contribution in [1.82, 2.24) is 24.6 Å². The van der Waals surface area contributed by atoms with Crippen molar-refractivity contribution in [3.05, 3.63) is 63.8 Å². The zero-order chi connectivity index (χ0) is 28.3. The lowest BCUT2D eigenvalue weighted by Gasteiger charge is -2.17. The van der Waals surface area contributed by atoms with Crippen LogP contribution in [0.5, 0.6) is 5.75 Å². The first-order valence-electron chi connectivity index (χ1n) is 11.7. The number of fused-ring (bicyclic) bond motifs is 2. The molecule has 0 aliphatic heterocycles. The van der Waals surface area contributed by atoms with E-state index in [0.717, 1.165) is 10.9 Å². The topological polar surface area (TPSA) is 151 Å². The van der Waals surface area contributed by atoms with Gasteiger partial charge in [0.15, 0.2) is 0 Å². The Balaban J connectivity index is 1.67. The largest absolute Gasteiger partial charge is 0.486 e. The van der Waals surface area contributed by atoms with E-state index in [1.165, 1.54) is 24.1 Å². The number of nitrogens with one attached hydrogen (secondary N) is 1. The molecule has 14 heteroatoms. The van der Waals surface area contributed by atoms with Crippen LogP contribution in [0.2, 0.25) is 0 Å². The summed E-state index contributed by atoms with van der Waals surface area (Å²) in [6.07, 6.45) is -1.52. The number of benzene rings is 2. The molecule has 204 valence electrons. The van der Waals surface area contributed by atoms with Crippen LogP contribution in [0.3, 0.4) is 0 Å². The van der Waals surface area contributed by atoms with Gasteiger partial charge < -0.3 is 14.6 Å². The van der Waals surface area contributed by atoms with Gasteiger partial charge in [-0.2, -0.15) is 10.4 Å². The number of aromatic amines is 1. The number of carbonyl (C=O) groups excluding carboxylic acids is 1. The molecule has 0 saturated heterocycles. The number of sulfone groups is 1. The maximum atomic E-state index is 13.1. The first-order chi connectivity index (χ1) is 18.4. The lowest BCUT2D eigenvalue weighted by molar-refractivity contribution is -0.130. The molecule has 1 amide bonds. The summed E-state index contributed by atoms with van der Waals surface area (Å²) >= 11 is 0. The Kier molecular flexibility index (Phi) is 7.91.